The van der Waals surface area contributed by atoms with E-state index in [0.717, 1.165) is 18.0 Å². The molecule has 1 nitrogen and oxygen atoms in total. The van der Waals surface area contributed by atoms with Crippen molar-refractivity contribution in [3.8, 4) is 0 Å². The Kier molecular flexibility index (Phi) is 0.571. The Morgan fingerprint density at radius 2 is 2.29 bits per heavy atom. The van der Waals surface area contributed by atoms with Gasteiger partial charge in [-0.2, -0.15) is 0 Å². The van der Waals surface area contributed by atoms with Crippen LogP contribution in [0.2, 0.25) is 0 Å². The molecule has 0 aromatic carbocycles. The summed E-state index contributed by atoms with van der Waals surface area (Å²) < 4.78 is 0. The summed E-state index contributed by atoms with van der Waals surface area (Å²) in [5.41, 5.74) is 0. The highest BCUT2D eigenvalue weighted by atomic mass is 15.0. The lowest BCUT2D eigenvalue weighted by Gasteiger charge is -2.01. The van der Waals surface area contributed by atoms with E-state index in [9.17, 15) is 0 Å². The molecule has 1 heterocycles. The standard InChI is InChI=1S/C6H11N/c1-4-2-5-3-6(5)7-4/h4-7H,2-3H2,1H3/t4-,5+,6-/m0/s1. The molecule has 0 bridgehead atoms. The van der Waals surface area contributed by atoms with Crippen molar-refractivity contribution in [3.05, 3.63) is 0 Å². The van der Waals surface area contributed by atoms with E-state index in [-0.39, 0.29) is 0 Å². The normalized spacial score (nSPS) is 57.0. The second-order valence-electron chi connectivity index (χ2n) is 2.91. The van der Waals surface area contributed by atoms with Gasteiger partial charge in [0.15, 0.2) is 0 Å². The predicted octanol–water partition coefficient (Wildman–Crippen LogP) is 0.757. The van der Waals surface area contributed by atoms with Crippen LogP contribution in [-0.2, 0) is 0 Å². The van der Waals surface area contributed by atoms with Gasteiger partial charge in [-0.15, -0.1) is 0 Å². The number of piperidine rings is 1. The van der Waals surface area contributed by atoms with Crippen molar-refractivity contribution >= 4 is 0 Å². The minimum Gasteiger partial charge on any atom is -0.311 e. The molecule has 1 aliphatic carbocycles. The molecule has 3 atom stereocenters. The van der Waals surface area contributed by atoms with Gasteiger partial charge in [0.1, 0.15) is 0 Å². The zero-order valence-corrected chi connectivity index (χ0v) is 4.65. The van der Waals surface area contributed by atoms with E-state index >= 15 is 0 Å². The van der Waals surface area contributed by atoms with E-state index in [1.54, 1.807) is 0 Å². The van der Waals surface area contributed by atoms with E-state index in [4.69, 9.17) is 0 Å². The van der Waals surface area contributed by atoms with Crippen LogP contribution >= 0.6 is 0 Å². The van der Waals surface area contributed by atoms with Crippen LogP contribution in [0.25, 0.3) is 0 Å². The van der Waals surface area contributed by atoms with Crippen molar-refractivity contribution in [3.63, 3.8) is 0 Å². The van der Waals surface area contributed by atoms with Gasteiger partial charge in [-0.1, -0.05) is 0 Å². The van der Waals surface area contributed by atoms with Crippen LogP contribution in [0.5, 0.6) is 0 Å². The van der Waals surface area contributed by atoms with Crippen molar-refractivity contribution in [2.45, 2.75) is 31.8 Å². The zero-order valence-electron chi connectivity index (χ0n) is 4.65. The monoisotopic (exact) mass is 97.1 g/mol. The third-order valence-corrected chi connectivity index (χ3v) is 2.08. The second-order valence-corrected chi connectivity index (χ2v) is 2.91. The number of rotatable bonds is 0. The molecule has 1 heteroatoms. The predicted molar refractivity (Wildman–Crippen MR) is 29.1 cm³/mol. The van der Waals surface area contributed by atoms with Crippen LogP contribution < -0.4 is 5.32 Å². The van der Waals surface area contributed by atoms with Crippen molar-refractivity contribution in [1.82, 2.24) is 5.32 Å². The lowest BCUT2D eigenvalue weighted by molar-refractivity contribution is 0.584. The van der Waals surface area contributed by atoms with Crippen LogP contribution in [0.15, 0.2) is 0 Å². The number of hydrogen-bond acceptors (Lipinski definition) is 1. The van der Waals surface area contributed by atoms with E-state index in [0.29, 0.717) is 0 Å². The van der Waals surface area contributed by atoms with Crippen molar-refractivity contribution in [2.24, 2.45) is 5.92 Å². The lowest BCUT2D eigenvalue weighted by Crippen LogP contribution is -2.21. The van der Waals surface area contributed by atoms with E-state index in [1.165, 1.54) is 12.8 Å². The Bertz CT molecular complexity index is 80.2. The van der Waals surface area contributed by atoms with Gasteiger partial charge in [0.2, 0.25) is 0 Å². The van der Waals surface area contributed by atoms with Gasteiger partial charge < -0.3 is 5.32 Å². The average Bonchev–Trinajstić information content (AvgIpc) is 2.15. The Hall–Kier alpha value is -0.0400. The van der Waals surface area contributed by atoms with Crippen LogP contribution in [0, 0.1) is 5.92 Å². The molecular formula is C6H11N. The van der Waals surface area contributed by atoms with Crippen molar-refractivity contribution < 1.29 is 0 Å². The fraction of sp³-hybridized carbons (Fsp3) is 1.00. The van der Waals surface area contributed by atoms with Crippen molar-refractivity contribution in [1.29, 1.82) is 0 Å². The molecular weight excluding hydrogens is 86.1 g/mol. The first kappa shape index (κ1) is 3.90. The molecule has 2 aliphatic rings. The molecule has 1 saturated carbocycles. The highest BCUT2D eigenvalue weighted by Crippen LogP contribution is 2.40. The molecule has 0 unspecified atom stereocenters. The maximum Gasteiger partial charge on any atom is 0.0102 e. The number of fused-ring (bicyclic) bond motifs is 1. The quantitative estimate of drug-likeness (QED) is 0.470. The van der Waals surface area contributed by atoms with Crippen LogP contribution in [-0.4, -0.2) is 12.1 Å². The molecule has 40 valence electrons. The van der Waals surface area contributed by atoms with Gasteiger partial charge in [-0.3, -0.25) is 0 Å². The van der Waals surface area contributed by atoms with Crippen LogP contribution in [0.1, 0.15) is 19.8 Å². The summed E-state index contributed by atoms with van der Waals surface area (Å²) in [7, 11) is 0. The van der Waals surface area contributed by atoms with Gasteiger partial charge in [0, 0.05) is 12.1 Å². The molecule has 1 N–H and O–H groups in total. The summed E-state index contributed by atoms with van der Waals surface area (Å²) in [6.45, 7) is 2.27. The molecule has 2 rings (SSSR count). The largest absolute Gasteiger partial charge is 0.311 e. The topological polar surface area (TPSA) is 12.0 Å². The summed E-state index contributed by atoms with van der Waals surface area (Å²) >= 11 is 0. The number of hydrogen-bond donors (Lipinski definition) is 1. The molecule has 1 saturated heterocycles. The SMILES string of the molecule is C[C@H]1C[C@@H]2C[C@@H]2N1. The molecule has 1 aliphatic heterocycles. The Balaban J connectivity index is 2.02. The smallest absolute Gasteiger partial charge is 0.0102 e. The van der Waals surface area contributed by atoms with Crippen LogP contribution in [0.3, 0.4) is 0 Å². The molecule has 2 fully saturated rings. The average molecular weight is 97.2 g/mol. The van der Waals surface area contributed by atoms with Crippen molar-refractivity contribution in [2.75, 3.05) is 0 Å². The molecule has 0 amide bonds. The highest BCUT2D eigenvalue weighted by Gasteiger charge is 2.43. The fourth-order valence-electron chi connectivity index (χ4n) is 1.60. The van der Waals surface area contributed by atoms with Gasteiger partial charge in [-0.05, 0) is 25.7 Å². The first-order valence-electron chi connectivity index (χ1n) is 3.12. The van der Waals surface area contributed by atoms with Gasteiger partial charge in [0.05, 0.1) is 0 Å². The minimum absolute atomic E-state index is 0.823. The van der Waals surface area contributed by atoms with E-state index in [1.807, 2.05) is 0 Å². The van der Waals surface area contributed by atoms with Gasteiger partial charge in [0.25, 0.3) is 0 Å². The third kappa shape index (κ3) is 0.480. The first-order valence-corrected chi connectivity index (χ1v) is 3.12. The summed E-state index contributed by atoms with van der Waals surface area (Å²) in [5.74, 6) is 1.08. The van der Waals surface area contributed by atoms with Gasteiger partial charge in [-0.25, -0.2) is 0 Å². The Labute approximate surface area is 44.1 Å². The summed E-state index contributed by atoms with van der Waals surface area (Å²) in [6, 6.07) is 1.76. The molecule has 0 radical (unpaired) electrons. The fourth-order valence-corrected chi connectivity index (χ4v) is 1.60. The summed E-state index contributed by atoms with van der Waals surface area (Å²) in [5, 5.41) is 3.49. The summed E-state index contributed by atoms with van der Waals surface area (Å²) in [4.78, 5) is 0. The lowest BCUT2D eigenvalue weighted by atomic mass is 10.2. The second kappa shape index (κ2) is 1.03. The first-order chi connectivity index (χ1) is 3.36. The van der Waals surface area contributed by atoms with E-state index in [2.05, 4.69) is 12.2 Å². The maximum absolute atomic E-state index is 3.49. The highest BCUT2D eigenvalue weighted by molar-refractivity contribution is 5.01. The van der Waals surface area contributed by atoms with E-state index < -0.39 is 0 Å². The zero-order chi connectivity index (χ0) is 4.85. The minimum atomic E-state index is 0.823. The maximum atomic E-state index is 3.49. The molecule has 0 aromatic heterocycles. The Morgan fingerprint density at radius 1 is 1.43 bits per heavy atom. The molecule has 0 aromatic rings. The molecule has 0 spiro atoms. The third-order valence-electron chi connectivity index (χ3n) is 2.08. The summed E-state index contributed by atoms with van der Waals surface area (Å²) in [6.07, 6.45) is 2.90. The molecule has 7 heavy (non-hydrogen) atoms. The van der Waals surface area contributed by atoms with Gasteiger partial charge >= 0.3 is 0 Å². The number of nitrogens with one attached hydrogen (secondary N) is 1. The van der Waals surface area contributed by atoms with Crippen LogP contribution in [0.4, 0.5) is 0 Å². The Morgan fingerprint density at radius 3 is 2.57 bits per heavy atom.